The van der Waals surface area contributed by atoms with E-state index in [4.69, 9.17) is 16.9 Å². The first kappa shape index (κ1) is 20.6. The molecule has 3 rings (SSSR count). The van der Waals surface area contributed by atoms with Crippen LogP contribution in [0.2, 0.25) is 5.02 Å². The monoisotopic (exact) mass is 531 g/mol. The highest BCUT2D eigenvalue weighted by atomic mass is 79.9. The number of hydrogen-bond donors (Lipinski definition) is 0. The lowest BCUT2D eigenvalue weighted by Crippen LogP contribution is -2.41. The molecule has 9 heteroatoms. The fourth-order valence-electron chi connectivity index (χ4n) is 3.09. The number of nitriles is 1. The van der Waals surface area contributed by atoms with Gasteiger partial charge in [0.05, 0.1) is 4.90 Å². The second-order valence-electron chi connectivity index (χ2n) is 6.24. The van der Waals surface area contributed by atoms with Gasteiger partial charge in [0.1, 0.15) is 0 Å². The number of nitrogens with zero attached hydrogens (tertiary/aromatic N) is 3. The zero-order valence-electron chi connectivity index (χ0n) is 14.1. The highest BCUT2D eigenvalue weighted by molar-refractivity contribution is 9.11. The van der Waals surface area contributed by atoms with Crippen molar-refractivity contribution in [3.8, 4) is 6.19 Å². The predicted octanol–water partition coefficient (Wildman–Crippen LogP) is 4.61. The standard InChI is InChI=1S/C18H16Br2ClN3O2S/c19-14-4-5-17(20)18(9-14)27(25,26)24(16-6-7-23(11-16)12-22)10-13-2-1-3-15(21)8-13/h1-5,8-9,16H,6-7,10-11H2. The maximum atomic E-state index is 13.5. The van der Waals surface area contributed by atoms with Gasteiger partial charge in [-0.15, -0.1) is 0 Å². The van der Waals surface area contributed by atoms with Crippen molar-refractivity contribution in [1.82, 2.24) is 9.21 Å². The van der Waals surface area contributed by atoms with Crippen LogP contribution in [0, 0.1) is 11.5 Å². The largest absolute Gasteiger partial charge is 0.309 e. The molecule has 1 fully saturated rings. The van der Waals surface area contributed by atoms with Crippen LogP contribution in [0.1, 0.15) is 12.0 Å². The molecule has 1 unspecified atom stereocenters. The van der Waals surface area contributed by atoms with Crippen LogP contribution in [0.4, 0.5) is 0 Å². The average molecular weight is 534 g/mol. The van der Waals surface area contributed by atoms with Crippen LogP contribution in [-0.4, -0.2) is 36.8 Å². The van der Waals surface area contributed by atoms with Gasteiger partial charge in [-0.3, -0.25) is 0 Å². The Morgan fingerprint density at radius 3 is 2.70 bits per heavy atom. The zero-order chi connectivity index (χ0) is 19.6. The Balaban J connectivity index is 2.03. The molecule has 0 N–H and O–H groups in total. The van der Waals surface area contributed by atoms with Crippen LogP contribution in [0.15, 0.2) is 56.3 Å². The second kappa shape index (κ2) is 8.50. The van der Waals surface area contributed by atoms with Crippen molar-refractivity contribution in [1.29, 1.82) is 5.26 Å². The molecule has 5 nitrogen and oxygen atoms in total. The minimum absolute atomic E-state index is 0.186. The van der Waals surface area contributed by atoms with Crippen LogP contribution < -0.4 is 0 Å². The summed E-state index contributed by atoms with van der Waals surface area (Å²) in [5.41, 5.74) is 0.799. The fourth-order valence-corrected chi connectivity index (χ4v) is 6.41. The van der Waals surface area contributed by atoms with E-state index in [-0.39, 0.29) is 17.5 Å². The lowest BCUT2D eigenvalue weighted by atomic mass is 10.2. The SMILES string of the molecule is N#CN1CCC(N(Cc2cccc(Cl)c2)S(=O)(=O)c2cc(Br)ccc2Br)C1. The van der Waals surface area contributed by atoms with Gasteiger partial charge in [0.2, 0.25) is 10.0 Å². The molecule has 0 spiro atoms. The maximum absolute atomic E-state index is 13.5. The molecular formula is C18H16Br2ClN3O2S. The van der Waals surface area contributed by atoms with Gasteiger partial charge in [-0.1, -0.05) is 39.7 Å². The quantitative estimate of drug-likeness (QED) is 0.527. The van der Waals surface area contributed by atoms with Crippen molar-refractivity contribution in [2.45, 2.75) is 23.9 Å². The fraction of sp³-hybridized carbons (Fsp3) is 0.278. The summed E-state index contributed by atoms with van der Waals surface area (Å²) >= 11 is 12.8. The summed E-state index contributed by atoms with van der Waals surface area (Å²) in [7, 11) is -3.80. The van der Waals surface area contributed by atoms with Gasteiger partial charge in [-0.2, -0.15) is 9.57 Å². The van der Waals surface area contributed by atoms with E-state index in [0.717, 1.165) is 5.56 Å². The van der Waals surface area contributed by atoms with Crippen molar-refractivity contribution >= 4 is 53.5 Å². The number of rotatable bonds is 5. The number of halogens is 3. The van der Waals surface area contributed by atoms with Crippen molar-refractivity contribution < 1.29 is 8.42 Å². The Kier molecular flexibility index (Phi) is 6.49. The van der Waals surface area contributed by atoms with Gasteiger partial charge in [0.15, 0.2) is 6.19 Å². The van der Waals surface area contributed by atoms with E-state index < -0.39 is 10.0 Å². The molecule has 0 amide bonds. The molecule has 2 aromatic rings. The number of hydrogen-bond acceptors (Lipinski definition) is 4. The summed E-state index contributed by atoms with van der Waals surface area (Å²) in [5.74, 6) is 0. The lowest BCUT2D eigenvalue weighted by Gasteiger charge is -2.28. The van der Waals surface area contributed by atoms with Crippen molar-refractivity contribution in [3.63, 3.8) is 0 Å². The van der Waals surface area contributed by atoms with Gasteiger partial charge < -0.3 is 4.90 Å². The third-order valence-corrected chi connectivity index (χ3v) is 8.04. The molecule has 1 atom stereocenters. The minimum Gasteiger partial charge on any atom is -0.309 e. The van der Waals surface area contributed by atoms with E-state index in [0.29, 0.717) is 33.5 Å². The molecule has 0 bridgehead atoms. The normalized spacial score (nSPS) is 17.3. The molecule has 2 aromatic carbocycles. The Morgan fingerprint density at radius 2 is 2.04 bits per heavy atom. The molecule has 0 aromatic heterocycles. The van der Waals surface area contributed by atoms with Gasteiger partial charge in [0.25, 0.3) is 0 Å². The van der Waals surface area contributed by atoms with E-state index in [1.165, 1.54) is 4.31 Å². The van der Waals surface area contributed by atoms with Gasteiger partial charge >= 0.3 is 0 Å². The summed E-state index contributed by atoms with van der Waals surface area (Å²) in [6.07, 6.45) is 2.70. The number of likely N-dealkylation sites (tertiary alicyclic amines) is 1. The summed E-state index contributed by atoms with van der Waals surface area (Å²) in [4.78, 5) is 1.77. The molecule has 27 heavy (non-hydrogen) atoms. The lowest BCUT2D eigenvalue weighted by molar-refractivity contribution is 0.314. The zero-order valence-corrected chi connectivity index (χ0v) is 18.9. The molecule has 0 radical (unpaired) electrons. The molecule has 1 aliphatic heterocycles. The molecule has 1 heterocycles. The molecule has 0 aliphatic carbocycles. The van der Waals surface area contributed by atoms with E-state index in [1.54, 1.807) is 41.3 Å². The Morgan fingerprint density at radius 1 is 1.26 bits per heavy atom. The first-order valence-corrected chi connectivity index (χ1v) is 11.6. The van der Waals surface area contributed by atoms with Crippen molar-refractivity contribution in [2.24, 2.45) is 0 Å². The van der Waals surface area contributed by atoms with Crippen LogP contribution in [0.3, 0.4) is 0 Å². The molecule has 1 saturated heterocycles. The Hall–Kier alpha value is -1.11. The molecular weight excluding hydrogens is 518 g/mol. The molecule has 0 saturated carbocycles. The first-order chi connectivity index (χ1) is 12.8. The molecule has 1 aliphatic rings. The van der Waals surface area contributed by atoms with Gasteiger partial charge in [0, 0.05) is 39.6 Å². The topological polar surface area (TPSA) is 64.4 Å². The third kappa shape index (κ3) is 4.66. The number of sulfonamides is 1. The summed E-state index contributed by atoms with van der Waals surface area (Å²) in [6, 6.07) is 11.9. The second-order valence-corrected chi connectivity index (χ2v) is 10.3. The van der Waals surface area contributed by atoms with Crippen LogP contribution >= 0.6 is 43.5 Å². The van der Waals surface area contributed by atoms with Crippen LogP contribution in [0.25, 0.3) is 0 Å². The molecule has 142 valence electrons. The van der Waals surface area contributed by atoms with E-state index in [1.807, 2.05) is 6.07 Å². The maximum Gasteiger partial charge on any atom is 0.244 e. The van der Waals surface area contributed by atoms with E-state index >= 15 is 0 Å². The smallest absolute Gasteiger partial charge is 0.244 e. The average Bonchev–Trinajstić information content (AvgIpc) is 3.10. The summed E-state index contributed by atoms with van der Waals surface area (Å²) < 4.78 is 29.7. The van der Waals surface area contributed by atoms with Gasteiger partial charge in [-0.05, 0) is 58.2 Å². The highest BCUT2D eigenvalue weighted by Crippen LogP contribution is 2.32. The Labute approximate surface area is 180 Å². The van der Waals surface area contributed by atoms with Crippen LogP contribution in [0.5, 0.6) is 0 Å². The van der Waals surface area contributed by atoms with Crippen molar-refractivity contribution in [3.05, 3.63) is 62.0 Å². The van der Waals surface area contributed by atoms with E-state index in [2.05, 4.69) is 38.1 Å². The van der Waals surface area contributed by atoms with Crippen LogP contribution in [-0.2, 0) is 16.6 Å². The minimum atomic E-state index is -3.80. The predicted molar refractivity (Wildman–Crippen MR) is 112 cm³/mol. The Bertz CT molecular complexity index is 994. The van der Waals surface area contributed by atoms with Gasteiger partial charge in [-0.25, -0.2) is 8.42 Å². The third-order valence-electron chi connectivity index (χ3n) is 4.42. The highest BCUT2D eigenvalue weighted by Gasteiger charge is 2.36. The van der Waals surface area contributed by atoms with Crippen molar-refractivity contribution in [2.75, 3.05) is 13.1 Å². The summed E-state index contributed by atoms with van der Waals surface area (Å²) in [5, 5.41) is 9.72. The summed E-state index contributed by atoms with van der Waals surface area (Å²) in [6.45, 7) is 1.11. The first-order valence-electron chi connectivity index (χ1n) is 8.17. The number of benzene rings is 2. The van der Waals surface area contributed by atoms with E-state index in [9.17, 15) is 8.42 Å².